The first-order valence-electron chi connectivity index (χ1n) is 7.52. The summed E-state index contributed by atoms with van der Waals surface area (Å²) in [7, 11) is 0. The third-order valence-electron chi connectivity index (χ3n) is 3.40. The minimum absolute atomic E-state index is 0. The van der Waals surface area contributed by atoms with Gasteiger partial charge in [-0.3, -0.25) is 4.79 Å². The van der Waals surface area contributed by atoms with Crippen molar-refractivity contribution >= 4 is 59.6 Å². The molecule has 0 spiro atoms. The number of carboxylic acids is 1. The zero-order chi connectivity index (χ0) is 19.4. The SMILES string of the molecule is O=C(Nc1ccc(Oc2ncccn2)cc1C(=O)O)c1ccc(Cl)cc1Cl.[LiH]. The van der Waals surface area contributed by atoms with Gasteiger partial charge in [0.15, 0.2) is 0 Å². The third-order valence-corrected chi connectivity index (χ3v) is 3.94. The van der Waals surface area contributed by atoms with Crippen molar-refractivity contribution in [2.75, 3.05) is 5.32 Å². The van der Waals surface area contributed by atoms with Gasteiger partial charge in [-0.05, 0) is 42.5 Å². The molecule has 0 unspecified atom stereocenters. The number of rotatable bonds is 5. The summed E-state index contributed by atoms with van der Waals surface area (Å²) < 4.78 is 5.41. The first-order chi connectivity index (χ1) is 12.9. The zero-order valence-corrected chi connectivity index (χ0v) is 15.0. The van der Waals surface area contributed by atoms with Crippen LogP contribution in [0.15, 0.2) is 54.9 Å². The van der Waals surface area contributed by atoms with Crippen LogP contribution < -0.4 is 10.1 Å². The predicted octanol–water partition coefficient (Wildman–Crippen LogP) is 3.88. The Morgan fingerprint density at radius 1 is 1.00 bits per heavy atom. The van der Waals surface area contributed by atoms with E-state index in [0.29, 0.717) is 5.02 Å². The molecule has 0 bridgehead atoms. The molecule has 2 aromatic carbocycles. The molecule has 138 valence electrons. The minimum atomic E-state index is -1.24. The quantitative estimate of drug-likeness (QED) is 0.617. The van der Waals surface area contributed by atoms with Crippen LogP contribution in [-0.2, 0) is 0 Å². The molecule has 0 fully saturated rings. The number of nitrogens with one attached hydrogen (secondary N) is 1. The van der Waals surface area contributed by atoms with Crippen LogP contribution in [0.1, 0.15) is 20.7 Å². The predicted molar refractivity (Wildman–Crippen MR) is 107 cm³/mol. The number of carbonyl (C=O) groups is 2. The molecule has 1 aromatic heterocycles. The van der Waals surface area contributed by atoms with Crippen molar-refractivity contribution in [1.82, 2.24) is 9.97 Å². The summed E-state index contributed by atoms with van der Waals surface area (Å²) in [4.78, 5) is 31.8. The molecular formula is C18H12Cl2LiN3O4. The normalized spacial score (nSPS) is 9.93. The van der Waals surface area contributed by atoms with Crippen LogP contribution in [0, 0.1) is 0 Å². The van der Waals surface area contributed by atoms with Crippen molar-refractivity contribution < 1.29 is 19.4 Å². The van der Waals surface area contributed by atoms with Crippen molar-refractivity contribution in [3.8, 4) is 11.8 Å². The van der Waals surface area contributed by atoms with Gasteiger partial charge in [-0.2, -0.15) is 0 Å². The van der Waals surface area contributed by atoms with Crippen molar-refractivity contribution in [1.29, 1.82) is 0 Å². The van der Waals surface area contributed by atoms with Crippen LogP contribution in [0.2, 0.25) is 10.0 Å². The number of hydrogen-bond donors (Lipinski definition) is 2. The molecule has 0 aliphatic carbocycles. The topological polar surface area (TPSA) is 101 Å². The van der Waals surface area contributed by atoms with E-state index < -0.39 is 11.9 Å². The van der Waals surface area contributed by atoms with E-state index in [4.69, 9.17) is 27.9 Å². The number of anilines is 1. The molecule has 0 aliphatic rings. The molecule has 1 amide bonds. The first kappa shape index (κ1) is 21.7. The van der Waals surface area contributed by atoms with Crippen molar-refractivity contribution in [3.05, 3.63) is 76.0 Å². The van der Waals surface area contributed by atoms with Crippen molar-refractivity contribution in [3.63, 3.8) is 0 Å². The summed E-state index contributed by atoms with van der Waals surface area (Å²) in [6.45, 7) is 0. The number of hydrogen-bond acceptors (Lipinski definition) is 5. The van der Waals surface area contributed by atoms with Gasteiger partial charge in [0.2, 0.25) is 0 Å². The molecule has 0 saturated carbocycles. The maximum atomic E-state index is 12.4. The number of aromatic carboxylic acids is 1. The summed E-state index contributed by atoms with van der Waals surface area (Å²) in [5.41, 5.74) is 0.0807. The van der Waals surface area contributed by atoms with Crippen molar-refractivity contribution in [2.45, 2.75) is 0 Å². The summed E-state index contributed by atoms with van der Waals surface area (Å²) in [5.74, 6) is -1.60. The van der Waals surface area contributed by atoms with Crippen LogP contribution in [0.25, 0.3) is 0 Å². The molecule has 0 aliphatic heterocycles. The summed E-state index contributed by atoms with van der Waals surface area (Å²) in [6, 6.07) is 10.2. The third kappa shape index (κ3) is 5.24. The Labute approximate surface area is 181 Å². The van der Waals surface area contributed by atoms with E-state index in [9.17, 15) is 14.7 Å². The number of aromatic nitrogens is 2. The number of carboxylic acid groups (broad SMARTS) is 1. The van der Waals surface area contributed by atoms with Crippen LogP contribution in [0.4, 0.5) is 5.69 Å². The van der Waals surface area contributed by atoms with Crippen molar-refractivity contribution in [2.24, 2.45) is 0 Å². The Morgan fingerprint density at radius 3 is 2.36 bits per heavy atom. The number of halogens is 2. The molecule has 3 rings (SSSR count). The van der Waals surface area contributed by atoms with Crippen LogP contribution in [0.5, 0.6) is 11.8 Å². The molecular weight excluding hydrogens is 400 g/mol. The number of carbonyl (C=O) groups excluding carboxylic acids is 1. The molecule has 0 radical (unpaired) electrons. The van der Waals surface area contributed by atoms with Gasteiger partial charge in [0.05, 0.1) is 21.8 Å². The first-order valence-corrected chi connectivity index (χ1v) is 8.28. The Balaban J connectivity index is 0.00000280. The van der Waals surface area contributed by atoms with Gasteiger partial charge in [-0.15, -0.1) is 0 Å². The van der Waals surface area contributed by atoms with Gasteiger partial charge in [0.25, 0.3) is 5.91 Å². The average Bonchev–Trinajstić information content (AvgIpc) is 2.63. The fourth-order valence-corrected chi connectivity index (χ4v) is 2.67. The fraction of sp³-hybridized carbons (Fsp3) is 0. The summed E-state index contributed by atoms with van der Waals surface area (Å²) >= 11 is 11.8. The molecule has 2 N–H and O–H groups in total. The Bertz CT molecular complexity index is 1020. The second-order valence-corrected chi connectivity index (χ2v) is 6.07. The van der Waals surface area contributed by atoms with Gasteiger partial charge in [0.1, 0.15) is 5.75 Å². The van der Waals surface area contributed by atoms with E-state index in [0.717, 1.165) is 0 Å². The van der Waals surface area contributed by atoms with E-state index in [1.54, 1.807) is 6.07 Å². The van der Waals surface area contributed by atoms with Crippen LogP contribution in [0.3, 0.4) is 0 Å². The van der Waals surface area contributed by atoms with E-state index >= 15 is 0 Å². The number of nitrogens with zero attached hydrogens (tertiary/aromatic N) is 2. The monoisotopic (exact) mass is 411 g/mol. The molecule has 0 saturated heterocycles. The van der Waals surface area contributed by atoms with E-state index in [1.807, 2.05) is 0 Å². The summed E-state index contributed by atoms with van der Waals surface area (Å²) in [6.07, 6.45) is 2.98. The molecule has 1 heterocycles. The summed E-state index contributed by atoms with van der Waals surface area (Å²) in [5, 5.41) is 12.5. The van der Waals surface area contributed by atoms with Gasteiger partial charge >= 0.3 is 30.8 Å². The Kier molecular flexibility index (Phi) is 7.43. The average molecular weight is 412 g/mol. The number of amides is 1. The standard InChI is InChI=1S/C18H11Cl2N3O4.Li.H/c19-10-2-4-12(14(20)8-10)16(24)23-15-5-3-11(9-13(15)17(25)26)27-18-21-6-1-7-22-18;;/h1-9H,(H,23,24)(H,25,26);;. The van der Waals surface area contributed by atoms with Crippen LogP contribution in [-0.4, -0.2) is 45.8 Å². The van der Waals surface area contributed by atoms with E-state index in [1.165, 1.54) is 48.8 Å². The zero-order valence-electron chi connectivity index (χ0n) is 13.5. The van der Waals surface area contributed by atoms with Gasteiger partial charge in [0, 0.05) is 17.4 Å². The van der Waals surface area contributed by atoms with E-state index in [-0.39, 0.29) is 52.5 Å². The molecule has 3 aromatic rings. The number of benzene rings is 2. The molecule has 28 heavy (non-hydrogen) atoms. The van der Waals surface area contributed by atoms with Crippen LogP contribution >= 0.6 is 23.2 Å². The van der Waals surface area contributed by atoms with E-state index in [2.05, 4.69) is 15.3 Å². The fourth-order valence-electron chi connectivity index (χ4n) is 2.18. The maximum absolute atomic E-state index is 12.4. The Morgan fingerprint density at radius 2 is 1.71 bits per heavy atom. The van der Waals surface area contributed by atoms with Gasteiger partial charge < -0.3 is 15.2 Å². The second-order valence-electron chi connectivity index (χ2n) is 5.22. The second kappa shape index (κ2) is 9.58. The Hall–Kier alpha value is -2.56. The van der Waals surface area contributed by atoms with Gasteiger partial charge in [-0.25, -0.2) is 14.8 Å². The molecule has 10 heteroatoms. The molecule has 7 nitrogen and oxygen atoms in total. The number of ether oxygens (including phenoxy) is 1. The molecule has 0 atom stereocenters. The van der Waals surface area contributed by atoms with Gasteiger partial charge in [-0.1, -0.05) is 23.2 Å².